The van der Waals surface area contributed by atoms with Crippen LogP contribution in [0, 0.1) is 5.41 Å². The zero-order valence-electron chi connectivity index (χ0n) is 9.86. The van der Waals surface area contributed by atoms with Crippen molar-refractivity contribution in [3.8, 4) is 0 Å². The molecule has 0 aliphatic heterocycles. The molecule has 0 bridgehead atoms. The average Bonchev–Trinajstić information content (AvgIpc) is 2.11. The molecular weight excluding hydrogens is 160 g/mol. The number of ether oxygens (including phenoxy) is 1. The van der Waals surface area contributed by atoms with E-state index >= 15 is 0 Å². The van der Waals surface area contributed by atoms with Crippen LogP contribution in [0.25, 0.3) is 0 Å². The van der Waals surface area contributed by atoms with Crippen LogP contribution >= 0.6 is 0 Å². The number of methoxy groups -OCH3 is 1. The van der Waals surface area contributed by atoms with E-state index in [-0.39, 0.29) is 0 Å². The fourth-order valence-corrected chi connectivity index (χ4v) is 1.38. The maximum absolute atomic E-state index is 5.01. The van der Waals surface area contributed by atoms with Gasteiger partial charge < -0.3 is 4.74 Å². The lowest BCUT2D eigenvalue weighted by Crippen LogP contribution is -2.08. The van der Waals surface area contributed by atoms with E-state index in [1.165, 1.54) is 38.5 Å². The van der Waals surface area contributed by atoms with E-state index < -0.39 is 0 Å². The molecule has 0 fully saturated rings. The summed E-state index contributed by atoms with van der Waals surface area (Å²) in [7, 11) is 1.78. The predicted octanol–water partition coefficient (Wildman–Crippen LogP) is 4.02. The zero-order valence-corrected chi connectivity index (χ0v) is 9.86. The molecule has 0 atom stereocenters. The molecule has 0 aliphatic rings. The van der Waals surface area contributed by atoms with E-state index in [1.54, 1.807) is 7.11 Å². The summed E-state index contributed by atoms with van der Waals surface area (Å²) in [5.41, 5.74) is 0.557. The van der Waals surface area contributed by atoms with E-state index in [2.05, 4.69) is 20.8 Å². The summed E-state index contributed by atoms with van der Waals surface area (Å²) in [6.45, 7) is 7.94. The fourth-order valence-electron chi connectivity index (χ4n) is 1.38. The smallest absolute Gasteiger partial charge is 0.0462 e. The molecule has 0 saturated carbocycles. The summed E-state index contributed by atoms with van der Waals surface area (Å²) < 4.78 is 5.01. The second kappa shape index (κ2) is 7.37. The van der Waals surface area contributed by atoms with Crippen molar-refractivity contribution in [2.45, 2.75) is 59.3 Å². The minimum atomic E-state index is 0.557. The van der Waals surface area contributed by atoms with Gasteiger partial charge in [0.15, 0.2) is 0 Å². The Hall–Kier alpha value is -0.0400. The molecule has 0 aliphatic carbocycles. The quantitative estimate of drug-likeness (QED) is 0.520. The molecule has 0 saturated heterocycles. The highest BCUT2D eigenvalue weighted by atomic mass is 16.5. The molecule has 0 heterocycles. The minimum Gasteiger partial charge on any atom is -0.385 e. The van der Waals surface area contributed by atoms with Crippen molar-refractivity contribution in [1.29, 1.82) is 0 Å². The Morgan fingerprint density at radius 2 is 1.62 bits per heavy atom. The lowest BCUT2D eigenvalue weighted by molar-refractivity contribution is 0.191. The first-order chi connectivity index (χ1) is 6.12. The largest absolute Gasteiger partial charge is 0.385 e. The van der Waals surface area contributed by atoms with Crippen LogP contribution in [0.15, 0.2) is 0 Å². The molecule has 80 valence electrons. The van der Waals surface area contributed by atoms with Gasteiger partial charge >= 0.3 is 0 Å². The van der Waals surface area contributed by atoms with Gasteiger partial charge in [0.2, 0.25) is 0 Å². The van der Waals surface area contributed by atoms with Crippen molar-refractivity contribution < 1.29 is 4.74 Å². The Morgan fingerprint density at radius 3 is 2.15 bits per heavy atom. The lowest BCUT2D eigenvalue weighted by Gasteiger charge is -2.22. The van der Waals surface area contributed by atoms with Crippen LogP contribution in [0.4, 0.5) is 0 Å². The first-order valence-electron chi connectivity index (χ1n) is 5.61. The van der Waals surface area contributed by atoms with Crippen molar-refractivity contribution in [1.82, 2.24) is 0 Å². The topological polar surface area (TPSA) is 9.23 Å². The third-order valence-corrected chi connectivity index (χ3v) is 2.91. The highest BCUT2D eigenvalue weighted by molar-refractivity contribution is 4.65. The number of hydrogen-bond acceptors (Lipinski definition) is 1. The van der Waals surface area contributed by atoms with Crippen LogP contribution in [0.5, 0.6) is 0 Å². The highest BCUT2D eigenvalue weighted by Gasteiger charge is 2.13. The van der Waals surface area contributed by atoms with Crippen LogP contribution in [-0.2, 0) is 4.74 Å². The fraction of sp³-hybridized carbons (Fsp3) is 1.00. The summed E-state index contributed by atoms with van der Waals surface area (Å²) in [6.07, 6.45) is 7.97. The van der Waals surface area contributed by atoms with Gasteiger partial charge in [-0.25, -0.2) is 0 Å². The Morgan fingerprint density at radius 1 is 1.00 bits per heavy atom. The maximum atomic E-state index is 5.01. The molecule has 0 aromatic carbocycles. The van der Waals surface area contributed by atoms with Gasteiger partial charge in [0, 0.05) is 13.7 Å². The molecule has 0 amide bonds. The first kappa shape index (κ1) is 13.0. The monoisotopic (exact) mass is 186 g/mol. The van der Waals surface area contributed by atoms with Crippen LogP contribution in [-0.4, -0.2) is 13.7 Å². The van der Waals surface area contributed by atoms with Crippen LogP contribution in [0.1, 0.15) is 59.3 Å². The Labute approximate surface area is 83.9 Å². The molecule has 13 heavy (non-hydrogen) atoms. The van der Waals surface area contributed by atoms with Gasteiger partial charge in [-0.15, -0.1) is 0 Å². The molecule has 0 spiro atoms. The van der Waals surface area contributed by atoms with E-state index in [1.807, 2.05) is 0 Å². The van der Waals surface area contributed by atoms with Gasteiger partial charge in [-0.05, 0) is 18.3 Å². The van der Waals surface area contributed by atoms with E-state index in [4.69, 9.17) is 4.74 Å². The van der Waals surface area contributed by atoms with Crippen molar-refractivity contribution in [3.63, 3.8) is 0 Å². The molecule has 1 nitrogen and oxygen atoms in total. The molecule has 0 aromatic heterocycles. The van der Waals surface area contributed by atoms with E-state index in [0.717, 1.165) is 6.61 Å². The zero-order chi connectivity index (χ0) is 10.2. The van der Waals surface area contributed by atoms with Crippen LogP contribution in [0.3, 0.4) is 0 Å². The molecule has 0 N–H and O–H groups in total. The molecule has 0 rings (SSSR count). The highest BCUT2D eigenvalue weighted by Crippen LogP contribution is 2.27. The second-order valence-corrected chi connectivity index (χ2v) is 4.67. The van der Waals surface area contributed by atoms with Crippen molar-refractivity contribution in [3.05, 3.63) is 0 Å². The summed E-state index contributed by atoms with van der Waals surface area (Å²) in [4.78, 5) is 0. The van der Waals surface area contributed by atoms with Gasteiger partial charge in [-0.2, -0.15) is 0 Å². The molecule has 0 unspecified atom stereocenters. The SMILES string of the molecule is CCC(C)(C)CCCCCCOC. The standard InChI is InChI=1S/C12H26O/c1-5-12(2,3)10-8-6-7-9-11-13-4/h5-11H2,1-4H3. The number of rotatable bonds is 8. The molecule has 0 radical (unpaired) electrons. The number of hydrogen-bond donors (Lipinski definition) is 0. The van der Waals surface area contributed by atoms with Gasteiger partial charge in [0.05, 0.1) is 0 Å². The van der Waals surface area contributed by atoms with Crippen molar-refractivity contribution in [2.24, 2.45) is 5.41 Å². The summed E-state index contributed by atoms with van der Waals surface area (Å²) in [6, 6.07) is 0. The van der Waals surface area contributed by atoms with Gasteiger partial charge in [0.1, 0.15) is 0 Å². The Kier molecular flexibility index (Phi) is 7.35. The third-order valence-electron chi connectivity index (χ3n) is 2.91. The lowest BCUT2D eigenvalue weighted by atomic mass is 9.84. The average molecular weight is 186 g/mol. The predicted molar refractivity (Wildman–Crippen MR) is 59.0 cm³/mol. The van der Waals surface area contributed by atoms with Gasteiger partial charge in [0.25, 0.3) is 0 Å². The Balaban J connectivity index is 3.16. The molecule has 1 heteroatoms. The number of unbranched alkanes of at least 4 members (excludes halogenated alkanes) is 3. The Bertz CT molecular complexity index is 108. The first-order valence-corrected chi connectivity index (χ1v) is 5.61. The maximum Gasteiger partial charge on any atom is 0.0462 e. The van der Waals surface area contributed by atoms with Crippen LogP contribution in [0.2, 0.25) is 0 Å². The van der Waals surface area contributed by atoms with E-state index in [9.17, 15) is 0 Å². The summed E-state index contributed by atoms with van der Waals surface area (Å²) >= 11 is 0. The molecule has 0 aromatic rings. The van der Waals surface area contributed by atoms with Gasteiger partial charge in [-0.1, -0.05) is 46.5 Å². The van der Waals surface area contributed by atoms with Crippen LogP contribution < -0.4 is 0 Å². The van der Waals surface area contributed by atoms with Gasteiger partial charge in [-0.3, -0.25) is 0 Å². The summed E-state index contributed by atoms with van der Waals surface area (Å²) in [5, 5.41) is 0. The minimum absolute atomic E-state index is 0.557. The second-order valence-electron chi connectivity index (χ2n) is 4.67. The summed E-state index contributed by atoms with van der Waals surface area (Å²) in [5.74, 6) is 0. The normalized spacial score (nSPS) is 12.0. The molecular formula is C12H26O. The van der Waals surface area contributed by atoms with Crippen molar-refractivity contribution >= 4 is 0 Å². The van der Waals surface area contributed by atoms with E-state index in [0.29, 0.717) is 5.41 Å². The third kappa shape index (κ3) is 8.29. The van der Waals surface area contributed by atoms with Crippen molar-refractivity contribution in [2.75, 3.05) is 13.7 Å².